The number of hydrogen-bond acceptors (Lipinski definition) is 7. The number of imidazole rings is 1. The van der Waals surface area contributed by atoms with Crippen LogP contribution in [0.25, 0.3) is 11.0 Å². The third-order valence-electron chi connectivity index (χ3n) is 4.42. The van der Waals surface area contributed by atoms with Gasteiger partial charge in [-0.05, 0) is 26.0 Å². The maximum atomic E-state index is 11.8. The van der Waals surface area contributed by atoms with Gasteiger partial charge >= 0.3 is 11.9 Å². The summed E-state index contributed by atoms with van der Waals surface area (Å²) in [6.07, 6.45) is -2.00. The average molecular weight is 523 g/mol. The Morgan fingerprint density at radius 3 is 2.53 bits per heavy atom. The molecule has 1 saturated heterocycles. The summed E-state index contributed by atoms with van der Waals surface area (Å²) in [6.45, 7) is 6.59. The Morgan fingerprint density at radius 2 is 1.93 bits per heavy atom. The molecule has 0 amide bonds. The number of nitrogens with zero attached hydrogens (tertiary/aromatic N) is 2. The van der Waals surface area contributed by atoms with Crippen LogP contribution in [0.15, 0.2) is 12.1 Å². The summed E-state index contributed by atoms with van der Waals surface area (Å²) in [5.74, 6) is -0.383. The van der Waals surface area contributed by atoms with E-state index in [0.29, 0.717) is 27.0 Å². The fraction of sp³-hybridized carbons (Fsp3) is 0.526. The summed E-state index contributed by atoms with van der Waals surface area (Å²) in [5, 5.41) is 4.01. The van der Waals surface area contributed by atoms with Gasteiger partial charge in [-0.3, -0.25) is 14.2 Å². The number of anilines is 1. The van der Waals surface area contributed by atoms with Crippen LogP contribution in [-0.4, -0.2) is 51.2 Å². The van der Waals surface area contributed by atoms with Gasteiger partial charge in [0.25, 0.3) is 0 Å². The summed E-state index contributed by atoms with van der Waals surface area (Å²) < 4.78 is 18.7. The van der Waals surface area contributed by atoms with Crippen LogP contribution in [0, 0.1) is 0 Å². The first-order valence-electron chi connectivity index (χ1n) is 9.32. The van der Waals surface area contributed by atoms with Gasteiger partial charge in [0.1, 0.15) is 12.7 Å². The highest BCUT2D eigenvalue weighted by Gasteiger charge is 2.48. The first-order valence-corrected chi connectivity index (χ1v) is 11.0. The number of benzene rings is 1. The molecule has 1 aromatic carbocycles. The molecule has 2 aromatic rings. The molecule has 1 aromatic heterocycles. The smallest absolute Gasteiger partial charge is 0.303 e. The number of alkyl halides is 1. The van der Waals surface area contributed by atoms with E-state index in [1.165, 1.54) is 13.8 Å². The van der Waals surface area contributed by atoms with E-state index in [1.54, 1.807) is 16.7 Å². The molecule has 1 N–H and O–H groups in total. The Balaban J connectivity index is 2.10. The summed E-state index contributed by atoms with van der Waals surface area (Å²) in [5.41, 5.74) is 1.26. The quantitative estimate of drug-likeness (QED) is 0.446. The van der Waals surface area contributed by atoms with Gasteiger partial charge in [0.05, 0.1) is 25.9 Å². The maximum Gasteiger partial charge on any atom is 0.303 e. The largest absolute Gasteiger partial charge is 0.463 e. The number of fused-ring (bicyclic) bond motifs is 1. The molecule has 1 aliphatic heterocycles. The standard InChI is InChI=1S/C19H22BrCl2N3O5/c1-8(2)23-19-24-13-5-11(21)12(22)6-14(13)25(19)18-17(29-10(4)27)16(20)15(30-18)7-28-9(3)26/h5-6,8,15-18H,7H2,1-4H3,(H,23,24)/t15-,16+,17-,18-/m0/s1. The van der Waals surface area contributed by atoms with E-state index >= 15 is 0 Å². The van der Waals surface area contributed by atoms with E-state index in [9.17, 15) is 9.59 Å². The van der Waals surface area contributed by atoms with E-state index in [-0.39, 0.29) is 12.6 Å². The van der Waals surface area contributed by atoms with Crippen molar-refractivity contribution in [1.29, 1.82) is 0 Å². The van der Waals surface area contributed by atoms with Gasteiger partial charge in [-0.2, -0.15) is 0 Å². The molecule has 30 heavy (non-hydrogen) atoms. The molecule has 8 nitrogen and oxygen atoms in total. The number of hydrogen-bond donors (Lipinski definition) is 1. The van der Waals surface area contributed by atoms with Crippen molar-refractivity contribution in [2.75, 3.05) is 11.9 Å². The van der Waals surface area contributed by atoms with Gasteiger partial charge in [-0.1, -0.05) is 39.1 Å². The minimum atomic E-state index is -0.748. The van der Waals surface area contributed by atoms with Crippen LogP contribution in [0.1, 0.15) is 33.9 Å². The molecule has 0 bridgehead atoms. The molecular formula is C19H22BrCl2N3O5. The van der Waals surface area contributed by atoms with E-state index in [4.69, 9.17) is 37.4 Å². The van der Waals surface area contributed by atoms with Gasteiger partial charge in [0.2, 0.25) is 5.95 Å². The molecule has 0 aliphatic carbocycles. The van der Waals surface area contributed by atoms with Crippen LogP contribution < -0.4 is 5.32 Å². The van der Waals surface area contributed by atoms with Crippen LogP contribution >= 0.6 is 39.1 Å². The molecule has 164 valence electrons. The Morgan fingerprint density at radius 1 is 1.27 bits per heavy atom. The first-order chi connectivity index (χ1) is 14.1. The molecule has 1 aliphatic rings. The lowest BCUT2D eigenvalue weighted by Gasteiger charge is -2.24. The molecule has 0 radical (unpaired) electrons. The van der Waals surface area contributed by atoms with Crippen LogP contribution in [0.5, 0.6) is 0 Å². The summed E-state index contributed by atoms with van der Waals surface area (Å²) in [6, 6.07) is 3.42. The third-order valence-corrected chi connectivity index (χ3v) is 6.25. The zero-order chi connectivity index (χ0) is 22.2. The second kappa shape index (κ2) is 9.30. The van der Waals surface area contributed by atoms with E-state index in [2.05, 4.69) is 26.2 Å². The van der Waals surface area contributed by atoms with Crippen LogP contribution in [0.3, 0.4) is 0 Å². The molecule has 0 saturated carbocycles. The lowest BCUT2D eigenvalue weighted by Crippen LogP contribution is -2.33. The minimum absolute atomic E-state index is 0.00563. The SMILES string of the molecule is CC(=O)OC[C@@H]1O[C@H](n2c(NC(C)C)nc3cc(Cl)c(Cl)cc32)[C@@H](OC(C)=O)[C@@H]1Br. The molecule has 0 unspecified atom stereocenters. The second-order valence-electron chi connectivity index (χ2n) is 7.25. The number of nitrogens with one attached hydrogen (secondary N) is 1. The van der Waals surface area contributed by atoms with Crippen molar-refractivity contribution in [2.24, 2.45) is 0 Å². The average Bonchev–Trinajstić information content (AvgIpc) is 3.10. The monoisotopic (exact) mass is 521 g/mol. The van der Waals surface area contributed by atoms with Gasteiger partial charge in [0.15, 0.2) is 12.3 Å². The predicted octanol–water partition coefficient (Wildman–Crippen LogP) is 4.32. The lowest BCUT2D eigenvalue weighted by atomic mass is 10.2. The highest BCUT2D eigenvalue weighted by atomic mass is 79.9. The number of aromatic nitrogens is 2. The number of ether oxygens (including phenoxy) is 3. The molecule has 11 heteroatoms. The van der Waals surface area contributed by atoms with Gasteiger partial charge < -0.3 is 19.5 Å². The molecule has 1 fully saturated rings. The number of halogens is 3. The van der Waals surface area contributed by atoms with Crippen molar-refractivity contribution in [3.05, 3.63) is 22.2 Å². The Labute approximate surface area is 192 Å². The number of rotatable bonds is 6. The van der Waals surface area contributed by atoms with Crippen molar-refractivity contribution < 1.29 is 23.8 Å². The van der Waals surface area contributed by atoms with Crippen molar-refractivity contribution in [3.8, 4) is 0 Å². The number of carbonyl (C=O) groups excluding carboxylic acids is 2. The maximum absolute atomic E-state index is 11.8. The van der Waals surface area contributed by atoms with Crippen molar-refractivity contribution in [2.45, 2.75) is 57.0 Å². The second-order valence-corrected chi connectivity index (χ2v) is 9.12. The molecule has 2 heterocycles. The Hall–Kier alpha value is -1.55. The summed E-state index contributed by atoms with van der Waals surface area (Å²) >= 11 is 16.0. The highest BCUT2D eigenvalue weighted by Crippen LogP contribution is 2.41. The fourth-order valence-electron chi connectivity index (χ4n) is 3.26. The lowest BCUT2D eigenvalue weighted by molar-refractivity contribution is -0.152. The summed E-state index contributed by atoms with van der Waals surface area (Å²) in [7, 11) is 0. The normalized spacial score (nSPS) is 23.7. The van der Waals surface area contributed by atoms with Crippen molar-refractivity contribution >= 4 is 68.1 Å². The van der Waals surface area contributed by atoms with E-state index in [0.717, 1.165) is 0 Å². The Bertz CT molecular complexity index is 967. The van der Waals surface area contributed by atoms with Crippen molar-refractivity contribution in [3.63, 3.8) is 0 Å². The zero-order valence-corrected chi connectivity index (χ0v) is 19.9. The van der Waals surface area contributed by atoms with Crippen LogP contribution in [0.2, 0.25) is 10.0 Å². The van der Waals surface area contributed by atoms with E-state index < -0.39 is 35.2 Å². The summed E-state index contributed by atoms with van der Waals surface area (Å²) in [4.78, 5) is 27.3. The van der Waals surface area contributed by atoms with Crippen LogP contribution in [0.4, 0.5) is 5.95 Å². The van der Waals surface area contributed by atoms with Gasteiger partial charge in [-0.15, -0.1) is 0 Å². The molecule has 0 spiro atoms. The topological polar surface area (TPSA) is 91.7 Å². The molecular weight excluding hydrogens is 501 g/mol. The molecule has 4 atom stereocenters. The van der Waals surface area contributed by atoms with Gasteiger partial charge in [0, 0.05) is 19.9 Å². The number of carbonyl (C=O) groups is 2. The Kier molecular flexibility index (Phi) is 7.16. The number of esters is 2. The molecule has 3 rings (SSSR count). The predicted molar refractivity (Wildman–Crippen MR) is 117 cm³/mol. The van der Waals surface area contributed by atoms with E-state index in [1.807, 2.05) is 13.8 Å². The third kappa shape index (κ3) is 4.85. The first kappa shape index (κ1) is 23.1. The van der Waals surface area contributed by atoms with Crippen molar-refractivity contribution in [1.82, 2.24) is 9.55 Å². The van der Waals surface area contributed by atoms with Crippen LogP contribution in [-0.2, 0) is 23.8 Å². The van der Waals surface area contributed by atoms with Gasteiger partial charge in [-0.25, -0.2) is 4.98 Å². The fourth-order valence-corrected chi connectivity index (χ4v) is 4.22. The zero-order valence-electron chi connectivity index (χ0n) is 16.8. The highest BCUT2D eigenvalue weighted by molar-refractivity contribution is 9.09. The minimum Gasteiger partial charge on any atom is -0.463 e.